The number of nitrogens with one attached hydrogen (secondary N) is 2. The van der Waals surface area contributed by atoms with Gasteiger partial charge in [-0.15, -0.1) is 0 Å². The van der Waals surface area contributed by atoms with Gasteiger partial charge < -0.3 is 15.4 Å². The Morgan fingerprint density at radius 3 is 2.38 bits per heavy atom. The summed E-state index contributed by atoms with van der Waals surface area (Å²) in [6, 6.07) is 0. The Balaban J connectivity index is 2.42. The highest BCUT2D eigenvalue weighted by Gasteiger charge is 2.19. The monoisotopic (exact) mass is 294 g/mol. The second-order valence-corrected chi connectivity index (χ2v) is 6.39. The zero-order valence-electron chi connectivity index (χ0n) is 13.5. The Morgan fingerprint density at radius 2 is 1.86 bits per heavy atom. The lowest BCUT2D eigenvalue weighted by Crippen LogP contribution is -2.38. The Hall–Kier alpha value is -1.85. The van der Waals surface area contributed by atoms with Crippen LogP contribution in [0.2, 0.25) is 0 Å². The minimum Gasteiger partial charge on any atom is -0.444 e. The molecule has 6 nitrogen and oxygen atoms in total. The zero-order chi connectivity index (χ0) is 15.9. The maximum Gasteiger partial charge on any atom is 0.407 e. The zero-order valence-corrected chi connectivity index (χ0v) is 13.5. The largest absolute Gasteiger partial charge is 0.444 e. The molecule has 2 N–H and O–H groups in total. The van der Waals surface area contributed by atoms with Crippen LogP contribution < -0.4 is 10.6 Å². The van der Waals surface area contributed by atoms with Crippen LogP contribution in [0.5, 0.6) is 0 Å². The van der Waals surface area contributed by atoms with Crippen LogP contribution in [0.1, 0.15) is 34.6 Å². The fraction of sp³-hybridized carbons (Fsp3) is 0.667. The molecule has 6 heteroatoms. The summed E-state index contributed by atoms with van der Waals surface area (Å²) in [4.78, 5) is 19.6. The molecule has 0 saturated carbocycles. The summed E-state index contributed by atoms with van der Waals surface area (Å²) >= 11 is 0. The van der Waals surface area contributed by atoms with Gasteiger partial charge in [0.1, 0.15) is 11.9 Å². The smallest absolute Gasteiger partial charge is 0.407 e. The highest BCUT2D eigenvalue weighted by molar-refractivity contribution is 5.67. The number of nitrogens with zero attached hydrogens (tertiary/aromatic N) is 2. The van der Waals surface area contributed by atoms with Crippen LogP contribution >= 0.6 is 0 Å². The first-order valence-electron chi connectivity index (χ1n) is 7.23. The molecule has 0 saturated heterocycles. The molecule has 1 amide bonds. The number of rotatable bonds is 6. The Labute approximate surface area is 126 Å². The third-order valence-corrected chi connectivity index (χ3v) is 2.98. The van der Waals surface area contributed by atoms with Gasteiger partial charge in [0.2, 0.25) is 0 Å². The van der Waals surface area contributed by atoms with Crippen molar-refractivity contribution >= 4 is 11.8 Å². The van der Waals surface area contributed by atoms with Crippen molar-refractivity contribution in [2.45, 2.75) is 40.2 Å². The Morgan fingerprint density at radius 1 is 1.24 bits per heavy atom. The quantitative estimate of drug-likeness (QED) is 0.843. The number of aromatic nitrogens is 2. The first kappa shape index (κ1) is 17.2. The lowest BCUT2D eigenvalue weighted by molar-refractivity contribution is 0.0516. The summed E-state index contributed by atoms with van der Waals surface area (Å²) in [5.41, 5.74) is 0.400. The lowest BCUT2D eigenvalue weighted by Gasteiger charge is -2.24. The topological polar surface area (TPSA) is 76.1 Å². The van der Waals surface area contributed by atoms with Gasteiger partial charge in [0.25, 0.3) is 0 Å². The molecule has 1 rings (SSSR count). The summed E-state index contributed by atoms with van der Waals surface area (Å²) in [7, 11) is 0. The maximum absolute atomic E-state index is 11.7. The van der Waals surface area contributed by atoms with E-state index in [9.17, 15) is 4.79 Å². The highest BCUT2D eigenvalue weighted by atomic mass is 16.6. The van der Waals surface area contributed by atoms with Crippen molar-refractivity contribution in [3.05, 3.63) is 18.7 Å². The molecule has 0 aliphatic rings. The van der Waals surface area contributed by atoms with Gasteiger partial charge in [-0.2, -0.15) is 0 Å². The summed E-state index contributed by atoms with van der Waals surface area (Å²) < 4.78 is 5.24. The van der Waals surface area contributed by atoms with Crippen LogP contribution in [0.4, 0.5) is 10.5 Å². The van der Waals surface area contributed by atoms with Crippen LogP contribution in [0, 0.1) is 11.8 Å². The van der Waals surface area contributed by atoms with Crippen LogP contribution in [0.3, 0.4) is 0 Å². The van der Waals surface area contributed by atoms with Gasteiger partial charge in [-0.1, -0.05) is 13.8 Å². The van der Waals surface area contributed by atoms with Gasteiger partial charge in [0.05, 0.1) is 18.1 Å². The van der Waals surface area contributed by atoms with Crippen molar-refractivity contribution in [1.29, 1.82) is 0 Å². The molecule has 1 aromatic rings. The van der Waals surface area contributed by atoms with E-state index in [1.54, 1.807) is 12.4 Å². The molecular formula is C15H26N4O2. The van der Waals surface area contributed by atoms with Crippen molar-refractivity contribution in [3.8, 4) is 0 Å². The van der Waals surface area contributed by atoms with Crippen molar-refractivity contribution in [2.75, 3.05) is 18.4 Å². The van der Waals surface area contributed by atoms with E-state index < -0.39 is 5.60 Å². The lowest BCUT2D eigenvalue weighted by atomic mass is 9.96. The Kier molecular flexibility index (Phi) is 6.39. The highest BCUT2D eigenvalue weighted by Crippen LogP contribution is 2.12. The molecule has 0 aromatic carbocycles. The molecule has 1 heterocycles. The summed E-state index contributed by atoms with van der Waals surface area (Å²) in [5, 5.41) is 6.11. The van der Waals surface area contributed by atoms with E-state index in [1.165, 1.54) is 6.33 Å². The van der Waals surface area contributed by atoms with Crippen LogP contribution in [-0.2, 0) is 4.74 Å². The van der Waals surface area contributed by atoms with Gasteiger partial charge >= 0.3 is 6.09 Å². The molecule has 0 aliphatic carbocycles. The van der Waals surface area contributed by atoms with Gasteiger partial charge in [-0.05, 0) is 32.6 Å². The van der Waals surface area contributed by atoms with E-state index in [0.29, 0.717) is 12.5 Å². The van der Waals surface area contributed by atoms with Crippen LogP contribution in [-0.4, -0.2) is 34.8 Å². The number of anilines is 1. The second-order valence-electron chi connectivity index (χ2n) is 6.39. The average molecular weight is 294 g/mol. The Bertz CT molecular complexity index is 429. The predicted octanol–water partition coefficient (Wildman–Crippen LogP) is 2.69. The SMILES string of the molecule is CC(C)C(CNC(=O)OC(C)(C)C)CNc1cncnc1. The van der Waals surface area contributed by atoms with E-state index in [1.807, 2.05) is 20.8 Å². The molecule has 0 spiro atoms. The normalized spacial score (nSPS) is 12.9. The number of amides is 1. The third-order valence-electron chi connectivity index (χ3n) is 2.98. The molecule has 0 aliphatic heterocycles. The van der Waals surface area contributed by atoms with Gasteiger partial charge in [0.15, 0.2) is 0 Å². The standard InChI is InChI=1S/C15H26N4O2/c1-11(2)12(6-18-13-8-16-10-17-9-13)7-19-14(20)21-15(3,4)5/h8-12,18H,6-7H2,1-5H3,(H,19,20). The van der Waals surface area contributed by atoms with Crippen molar-refractivity contribution in [1.82, 2.24) is 15.3 Å². The van der Waals surface area contributed by atoms with Gasteiger partial charge in [-0.25, -0.2) is 14.8 Å². The average Bonchev–Trinajstić information content (AvgIpc) is 2.37. The number of hydrogen-bond donors (Lipinski definition) is 2. The van der Waals surface area contributed by atoms with Crippen LogP contribution in [0.15, 0.2) is 18.7 Å². The molecule has 1 unspecified atom stereocenters. The van der Waals surface area contributed by atoms with E-state index in [0.717, 1.165) is 12.2 Å². The molecule has 1 atom stereocenters. The van der Waals surface area contributed by atoms with E-state index >= 15 is 0 Å². The molecule has 0 fully saturated rings. The van der Waals surface area contributed by atoms with Gasteiger partial charge in [0, 0.05) is 13.1 Å². The fourth-order valence-electron chi connectivity index (χ4n) is 1.71. The number of carbonyl (C=O) groups excluding carboxylic acids is 1. The van der Waals surface area contributed by atoms with Crippen molar-refractivity contribution in [2.24, 2.45) is 11.8 Å². The van der Waals surface area contributed by atoms with Crippen LogP contribution in [0.25, 0.3) is 0 Å². The first-order valence-corrected chi connectivity index (χ1v) is 7.23. The number of alkyl carbamates (subject to hydrolysis) is 1. The van der Waals surface area contributed by atoms with Crippen molar-refractivity contribution < 1.29 is 9.53 Å². The fourth-order valence-corrected chi connectivity index (χ4v) is 1.71. The summed E-state index contributed by atoms with van der Waals surface area (Å²) in [6.45, 7) is 11.1. The molecule has 0 radical (unpaired) electrons. The second kappa shape index (κ2) is 7.81. The molecule has 21 heavy (non-hydrogen) atoms. The van der Waals surface area contributed by atoms with E-state index in [2.05, 4.69) is 34.4 Å². The number of hydrogen-bond acceptors (Lipinski definition) is 5. The number of ether oxygens (including phenoxy) is 1. The van der Waals surface area contributed by atoms with Gasteiger partial charge in [-0.3, -0.25) is 0 Å². The summed E-state index contributed by atoms with van der Waals surface area (Å²) in [6.07, 6.45) is 4.57. The van der Waals surface area contributed by atoms with Crippen molar-refractivity contribution in [3.63, 3.8) is 0 Å². The number of carbonyl (C=O) groups is 1. The first-order chi connectivity index (χ1) is 9.78. The molecule has 0 bridgehead atoms. The molecule has 118 valence electrons. The minimum absolute atomic E-state index is 0.290. The minimum atomic E-state index is -0.475. The predicted molar refractivity (Wildman–Crippen MR) is 83.1 cm³/mol. The molecular weight excluding hydrogens is 268 g/mol. The van der Waals surface area contributed by atoms with E-state index in [-0.39, 0.29) is 12.0 Å². The summed E-state index contributed by atoms with van der Waals surface area (Å²) in [5.74, 6) is 0.717. The van der Waals surface area contributed by atoms with E-state index in [4.69, 9.17) is 4.74 Å². The third kappa shape index (κ3) is 7.48. The maximum atomic E-state index is 11.7. The molecule has 1 aromatic heterocycles.